The summed E-state index contributed by atoms with van der Waals surface area (Å²) in [7, 11) is 0. The number of nitro groups is 1. The number of nitrogens with zero attached hydrogens (tertiary/aromatic N) is 3. The van der Waals surface area contributed by atoms with Crippen molar-refractivity contribution < 1.29 is 9.72 Å². The van der Waals surface area contributed by atoms with Crippen LogP contribution in [-0.4, -0.2) is 21.6 Å². The van der Waals surface area contributed by atoms with E-state index in [9.17, 15) is 14.9 Å². The van der Waals surface area contributed by atoms with Gasteiger partial charge in [0.25, 0.3) is 5.69 Å². The average Bonchev–Trinajstić information content (AvgIpc) is 3.14. The summed E-state index contributed by atoms with van der Waals surface area (Å²) in [6, 6.07) is 22.6. The molecule has 0 unspecified atom stereocenters. The largest absolute Gasteiger partial charge is 0.318 e. The van der Waals surface area contributed by atoms with Crippen molar-refractivity contribution in [2.24, 2.45) is 5.10 Å². The number of benzene rings is 3. The molecule has 0 spiro atoms. The Hall–Kier alpha value is -4.52. The number of aromatic nitrogens is 1. The Labute approximate surface area is 210 Å². The summed E-state index contributed by atoms with van der Waals surface area (Å²) in [5, 5.41) is 15.1. The van der Waals surface area contributed by atoms with Crippen LogP contribution in [0.3, 0.4) is 0 Å². The number of non-ortho nitro benzene ring substituents is 1. The van der Waals surface area contributed by atoms with E-state index in [-0.39, 0.29) is 18.0 Å². The maximum absolute atomic E-state index is 12.3. The van der Waals surface area contributed by atoms with Crippen molar-refractivity contribution in [2.45, 2.75) is 34.1 Å². The number of aryl methyl sites for hydroxylation is 3. The molecule has 1 aromatic heterocycles. The van der Waals surface area contributed by atoms with Crippen molar-refractivity contribution in [2.75, 3.05) is 0 Å². The molecule has 0 saturated carbocycles. The molecular formula is C29H28N4O3. The minimum Gasteiger partial charge on any atom is -0.318 e. The minimum atomic E-state index is -0.401. The van der Waals surface area contributed by atoms with Gasteiger partial charge in [0.05, 0.1) is 17.6 Å². The third kappa shape index (κ3) is 5.41. The average molecular weight is 481 g/mol. The topological polar surface area (TPSA) is 89.5 Å². The second-order valence-corrected chi connectivity index (χ2v) is 8.90. The number of nitrogens with one attached hydrogen (secondary N) is 1. The van der Waals surface area contributed by atoms with Crippen LogP contribution < -0.4 is 5.43 Å². The number of hydrogen-bond acceptors (Lipinski definition) is 4. The standard InChI is InChI=1S/C29H28N4O3/c1-19-5-6-23(15-20(19)2)17-29(34)31-30-18-26-16-21(3)32(22(26)4)27-11-7-24(8-12-27)25-9-13-28(14-10-25)33(35)36/h5-16,18H,17H2,1-4H3,(H,31,34). The van der Waals surface area contributed by atoms with Crippen LogP contribution in [0.4, 0.5) is 5.69 Å². The Morgan fingerprint density at radius 3 is 2.17 bits per heavy atom. The SMILES string of the molecule is Cc1ccc(CC(=O)NN=Cc2cc(C)n(-c3ccc(-c4ccc([N+](=O)[O-])cc4)cc3)c2C)cc1C. The van der Waals surface area contributed by atoms with Crippen LogP contribution in [0.25, 0.3) is 16.8 Å². The third-order valence-electron chi connectivity index (χ3n) is 6.34. The molecule has 182 valence electrons. The molecule has 1 N–H and O–H groups in total. The Morgan fingerprint density at radius 2 is 1.56 bits per heavy atom. The monoisotopic (exact) mass is 480 g/mol. The highest BCUT2D eigenvalue weighted by Crippen LogP contribution is 2.25. The lowest BCUT2D eigenvalue weighted by Crippen LogP contribution is -2.19. The molecule has 0 aliphatic rings. The van der Waals surface area contributed by atoms with Crippen LogP contribution in [0.5, 0.6) is 0 Å². The van der Waals surface area contributed by atoms with Gasteiger partial charge in [-0.25, -0.2) is 5.43 Å². The zero-order chi connectivity index (χ0) is 25.8. The molecule has 3 aromatic carbocycles. The van der Waals surface area contributed by atoms with E-state index in [1.165, 1.54) is 17.7 Å². The van der Waals surface area contributed by atoms with Gasteiger partial charge in [-0.1, -0.05) is 30.3 Å². The smallest absolute Gasteiger partial charge is 0.269 e. The van der Waals surface area contributed by atoms with Gasteiger partial charge in [0.15, 0.2) is 0 Å². The summed E-state index contributed by atoms with van der Waals surface area (Å²) in [6.07, 6.45) is 1.95. The third-order valence-corrected chi connectivity index (χ3v) is 6.34. The first kappa shape index (κ1) is 24.6. The van der Waals surface area contributed by atoms with E-state index in [1.54, 1.807) is 18.3 Å². The molecule has 0 bridgehead atoms. The van der Waals surface area contributed by atoms with Crippen LogP contribution in [0.2, 0.25) is 0 Å². The van der Waals surface area contributed by atoms with Crippen molar-refractivity contribution >= 4 is 17.8 Å². The molecule has 0 atom stereocenters. The van der Waals surface area contributed by atoms with E-state index in [4.69, 9.17) is 0 Å². The van der Waals surface area contributed by atoms with Crippen molar-refractivity contribution in [3.8, 4) is 16.8 Å². The lowest BCUT2D eigenvalue weighted by Gasteiger charge is -2.11. The van der Waals surface area contributed by atoms with Crippen LogP contribution in [0.1, 0.15) is 33.6 Å². The van der Waals surface area contributed by atoms with E-state index in [0.29, 0.717) is 0 Å². The number of hydrogen-bond donors (Lipinski definition) is 1. The van der Waals surface area contributed by atoms with E-state index in [1.807, 2.05) is 76.2 Å². The van der Waals surface area contributed by atoms with Crippen molar-refractivity contribution in [3.05, 3.63) is 117 Å². The predicted molar refractivity (Wildman–Crippen MR) is 143 cm³/mol. The van der Waals surface area contributed by atoms with Gasteiger partial charge in [-0.15, -0.1) is 0 Å². The molecule has 4 rings (SSSR count). The van der Waals surface area contributed by atoms with Gasteiger partial charge < -0.3 is 4.57 Å². The Bertz CT molecular complexity index is 1450. The molecule has 7 heteroatoms. The molecule has 0 radical (unpaired) electrons. The van der Waals surface area contributed by atoms with Crippen molar-refractivity contribution in [3.63, 3.8) is 0 Å². The zero-order valence-electron chi connectivity index (χ0n) is 20.8. The molecule has 7 nitrogen and oxygen atoms in total. The molecule has 0 fully saturated rings. The molecular weight excluding hydrogens is 452 g/mol. The molecule has 0 aliphatic carbocycles. The van der Waals surface area contributed by atoms with Crippen LogP contribution >= 0.6 is 0 Å². The summed E-state index contributed by atoms with van der Waals surface area (Å²) in [4.78, 5) is 22.8. The fourth-order valence-corrected chi connectivity index (χ4v) is 4.21. The molecule has 1 heterocycles. The molecule has 36 heavy (non-hydrogen) atoms. The van der Waals surface area contributed by atoms with E-state index < -0.39 is 4.92 Å². The number of nitro benzene ring substituents is 1. The fraction of sp³-hybridized carbons (Fsp3) is 0.172. The normalized spacial score (nSPS) is 11.1. The van der Waals surface area contributed by atoms with Crippen molar-refractivity contribution in [1.29, 1.82) is 0 Å². The van der Waals surface area contributed by atoms with Crippen LogP contribution in [0.15, 0.2) is 77.9 Å². The predicted octanol–water partition coefficient (Wildman–Crippen LogP) is 5.98. The Balaban J connectivity index is 1.45. The lowest BCUT2D eigenvalue weighted by molar-refractivity contribution is -0.384. The van der Waals surface area contributed by atoms with Gasteiger partial charge in [0.1, 0.15) is 0 Å². The van der Waals surface area contributed by atoms with E-state index >= 15 is 0 Å². The fourth-order valence-electron chi connectivity index (χ4n) is 4.21. The second kappa shape index (κ2) is 10.4. The first-order valence-corrected chi connectivity index (χ1v) is 11.6. The van der Waals surface area contributed by atoms with Crippen molar-refractivity contribution in [1.82, 2.24) is 9.99 Å². The Morgan fingerprint density at radius 1 is 0.917 bits per heavy atom. The van der Waals surface area contributed by atoms with E-state index in [2.05, 4.69) is 15.1 Å². The molecule has 0 aliphatic heterocycles. The summed E-state index contributed by atoms with van der Waals surface area (Å²) in [5.41, 5.74) is 11.9. The first-order chi connectivity index (χ1) is 17.2. The molecule has 0 saturated heterocycles. The molecule has 1 amide bonds. The van der Waals surface area contributed by atoms with Gasteiger partial charge in [-0.05, 0) is 85.8 Å². The van der Waals surface area contributed by atoms with Gasteiger partial charge >= 0.3 is 0 Å². The van der Waals surface area contributed by atoms with Gasteiger partial charge in [-0.3, -0.25) is 14.9 Å². The number of hydrazone groups is 1. The highest BCUT2D eigenvalue weighted by Gasteiger charge is 2.11. The lowest BCUT2D eigenvalue weighted by atomic mass is 10.0. The minimum absolute atomic E-state index is 0.0737. The van der Waals surface area contributed by atoms with Gasteiger partial charge in [-0.2, -0.15) is 5.10 Å². The van der Waals surface area contributed by atoms with Crippen LogP contribution in [-0.2, 0) is 11.2 Å². The summed E-state index contributed by atoms with van der Waals surface area (Å²) in [6.45, 7) is 8.11. The second-order valence-electron chi connectivity index (χ2n) is 8.90. The number of amides is 1. The Kier molecular flexibility index (Phi) is 7.10. The highest BCUT2D eigenvalue weighted by atomic mass is 16.6. The summed E-state index contributed by atoms with van der Waals surface area (Å²) in [5.74, 6) is -0.162. The first-order valence-electron chi connectivity index (χ1n) is 11.6. The maximum Gasteiger partial charge on any atom is 0.269 e. The number of carbonyl (C=O) groups excluding carboxylic acids is 1. The van der Waals surface area contributed by atoms with Gasteiger partial charge in [0, 0.05) is 34.8 Å². The summed E-state index contributed by atoms with van der Waals surface area (Å²) < 4.78 is 2.12. The maximum atomic E-state index is 12.3. The highest BCUT2D eigenvalue weighted by molar-refractivity contribution is 5.85. The van der Waals surface area contributed by atoms with Crippen LogP contribution in [0, 0.1) is 37.8 Å². The zero-order valence-corrected chi connectivity index (χ0v) is 20.8. The number of rotatable bonds is 7. The summed E-state index contributed by atoms with van der Waals surface area (Å²) >= 11 is 0. The molecule has 4 aromatic rings. The van der Waals surface area contributed by atoms with Gasteiger partial charge in [0.2, 0.25) is 5.91 Å². The number of carbonyl (C=O) groups is 1. The quantitative estimate of drug-likeness (QED) is 0.200. The van der Waals surface area contributed by atoms with E-state index in [0.717, 1.165) is 44.9 Å².